The monoisotopic (exact) mass is 311 g/mol. The Hall–Kier alpha value is -0.610. The van der Waals surface area contributed by atoms with E-state index in [1.165, 1.54) is 6.42 Å². The first-order chi connectivity index (χ1) is 10.4. The van der Waals surface area contributed by atoms with Gasteiger partial charge in [-0.05, 0) is 64.7 Å². The Morgan fingerprint density at radius 1 is 1.05 bits per heavy atom. The van der Waals surface area contributed by atoms with E-state index in [0.717, 1.165) is 51.9 Å². The molecule has 130 valence electrons. The molecule has 0 aromatic rings. The number of amides is 1. The van der Waals surface area contributed by atoms with Crippen LogP contribution in [0.5, 0.6) is 0 Å². The van der Waals surface area contributed by atoms with Crippen LogP contribution >= 0.6 is 0 Å². The molecular weight excluding hydrogens is 274 g/mol. The fraction of sp³-hybridized carbons (Fsp3) is 0.944. The molecule has 4 heteroatoms. The minimum absolute atomic E-state index is 0.0276. The highest BCUT2D eigenvalue weighted by Crippen LogP contribution is 2.51. The highest BCUT2D eigenvalue weighted by molar-refractivity contribution is 5.85. The van der Waals surface area contributed by atoms with Gasteiger partial charge < -0.3 is 15.5 Å². The van der Waals surface area contributed by atoms with Crippen LogP contribution in [0.15, 0.2) is 0 Å². The quantitative estimate of drug-likeness (QED) is 0.545. The molecule has 0 aromatic carbocycles. The first-order valence-corrected chi connectivity index (χ1v) is 9.08. The summed E-state index contributed by atoms with van der Waals surface area (Å²) in [6, 6.07) is 0.578. The van der Waals surface area contributed by atoms with Gasteiger partial charge in [0.15, 0.2) is 0 Å². The number of carbonyl (C=O) groups is 1. The van der Waals surface area contributed by atoms with Crippen molar-refractivity contribution in [2.75, 3.05) is 33.2 Å². The minimum atomic E-state index is -0.0276. The summed E-state index contributed by atoms with van der Waals surface area (Å²) in [5.74, 6) is 0.758. The van der Waals surface area contributed by atoms with Crippen LogP contribution in [0.1, 0.15) is 59.8 Å². The smallest absolute Gasteiger partial charge is 0.226 e. The van der Waals surface area contributed by atoms with Gasteiger partial charge in [0.2, 0.25) is 5.91 Å². The van der Waals surface area contributed by atoms with Crippen molar-refractivity contribution in [2.45, 2.75) is 65.8 Å². The van der Waals surface area contributed by atoms with Crippen LogP contribution in [-0.2, 0) is 4.79 Å². The Labute approximate surface area is 137 Å². The molecule has 4 nitrogen and oxygen atoms in total. The molecule has 1 aliphatic carbocycles. The summed E-state index contributed by atoms with van der Waals surface area (Å²) in [5.41, 5.74) is -0.0276. The van der Waals surface area contributed by atoms with Gasteiger partial charge in [-0.2, -0.15) is 0 Å². The predicted octanol–water partition coefficient (Wildman–Crippen LogP) is 2.64. The average molecular weight is 312 g/mol. The number of unbranched alkanes of at least 4 members (excludes halogenated alkanes) is 1. The molecule has 0 radical (unpaired) electrons. The van der Waals surface area contributed by atoms with Crippen molar-refractivity contribution in [3.05, 3.63) is 0 Å². The minimum Gasteiger partial charge on any atom is -0.356 e. The fourth-order valence-electron chi connectivity index (χ4n) is 2.94. The molecule has 0 spiro atoms. The topological polar surface area (TPSA) is 44.4 Å². The van der Waals surface area contributed by atoms with E-state index < -0.39 is 0 Å². The molecule has 0 atom stereocenters. The molecule has 22 heavy (non-hydrogen) atoms. The molecule has 0 bridgehead atoms. The van der Waals surface area contributed by atoms with Crippen LogP contribution in [0.25, 0.3) is 0 Å². The maximum absolute atomic E-state index is 12.2. The fourth-order valence-corrected chi connectivity index (χ4v) is 2.94. The zero-order valence-corrected chi connectivity index (χ0v) is 15.4. The lowest BCUT2D eigenvalue weighted by Gasteiger charge is -2.19. The molecule has 0 saturated heterocycles. The molecule has 1 rings (SSSR count). The maximum Gasteiger partial charge on any atom is 0.226 e. The van der Waals surface area contributed by atoms with Gasteiger partial charge in [0.25, 0.3) is 0 Å². The standard InChI is InChI=1S/C18H37N3O/c1-15(2)18(9-10-18)17(22)20-11-6-7-13-21(5)14-8-12-19-16(3)4/h15-16,19H,6-14H2,1-5H3,(H,20,22). The molecule has 1 aliphatic rings. The van der Waals surface area contributed by atoms with Crippen LogP contribution in [0.4, 0.5) is 0 Å². The van der Waals surface area contributed by atoms with Crippen LogP contribution < -0.4 is 10.6 Å². The Morgan fingerprint density at radius 3 is 2.23 bits per heavy atom. The Bertz CT molecular complexity index is 324. The lowest BCUT2D eigenvalue weighted by atomic mass is 9.91. The summed E-state index contributed by atoms with van der Waals surface area (Å²) in [4.78, 5) is 14.6. The first kappa shape index (κ1) is 19.4. The molecular formula is C18H37N3O. The van der Waals surface area contributed by atoms with Crippen molar-refractivity contribution in [1.29, 1.82) is 0 Å². The summed E-state index contributed by atoms with van der Waals surface area (Å²) >= 11 is 0. The molecule has 0 heterocycles. The van der Waals surface area contributed by atoms with Crippen molar-refractivity contribution in [1.82, 2.24) is 15.5 Å². The van der Waals surface area contributed by atoms with Crippen molar-refractivity contribution >= 4 is 5.91 Å². The zero-order valence-electron chi connectivity index (χ0n) is 15.4. The lowest BCUT2D eigenvalue weighted by Crippen LogP contribution is -2.35. The van der Waals surface area contributed by atoms with E-state index >= 15 is 0 Å². The Morgan fingerprint density at radius 2 is 1.68 bits per heavy atom. The van der Waals surface area contributed by atoms with Crippen molar-refractivity contribution in [2.24, 2.45) is 11.3 Å². The van der Waals surface area contributed by atoms with Gasteiger partial charge in [-0.15, -0.1) is 0 Å². The average Bonchev–Trinajstić information content (AvgIpc) is 3.24. The first-order valence-electron chi connectivity index (χ1n) is 9.08. The van der Waals surface area contributed by atoms with E-state index in [1.54, 1.807) is 0 Å². The Balaban J connectivity index is 1.98. The van der Waals surface area contributed by atoms with Gasteiger partial charge in [0, 0.05) is 12.6 Å². The van der Waals surface area contributed by atoms with Gasteiger partial charge in [0.1, 0.15) is 0 Å². The lowest BCUT2D eigenvalue weighted by molar-refractivity contribution is -0.127. The van der Waals surface area contributed by atoms with E-state index in [9.17, 15) is 4.79 Å². The van der Waals surface area contributed by atoms with E-state index in [2.05, 4.69) is 50.3 Å². The molecule has 0 aliphatic heterocycles. The highest BCUT2D eigenvalue weighted by atomic mass is 16.2. The highest BCUT2D eigenvalue weighted by Gasteiger charge is 2.51. The van der Waals surface area contributed by atoms with Crippen LogP contribution in [0.2, 0.25) is 0 Å². The number of rotatable bonds is 12. The van der Waals surface area contributed by atoms with Gasteiger partial charge in [-0.3, -0.25) is 4.79 Å². The largest absolute Gasteiger partial charge is 0.356 e. The summed E-state index contributed by atoms with van der Waals surface area (Å²) in [6.07, 6.45) is 5.58. The third-order valence-electron chi connectivity index (χ3n) is 4.87. The van der Waals surface area contributed by atoms with Crippen LogP contribution in [0, 0.1) is 11.3 Å². The van der Waals surface area contributed by atoms with E-state index in [-0.39, 0.29) is 11.3 Å². The summed E-state index contributed by atoms with van der Waals surface area (Å²) in [7, 11) is 2.19. The number of carbonyl (C=O) groups excluding carboxylic acids is 1. The van der Waals surface area contributed by atoms with Gasteiger partial charge in [-0.25, -0.2) is 0 Å². The molecule has 1 fully saturated rings. The second-order valence-electron chi connectivity index (χ2n) is 7.54. The molecule has 1 amide bonds. The van der Waals surface area contributed by atoms with Gasteiger partial charge in [0.05, 0.1) is 5.41 Å². The third kappa shape index (κ3) is 6.66. The van der Waals surface area contributed by atoms with Crippen molar-refractivity contribution < 1.29 is 4.79 Å². The summed E-state index contributed by atoms with van der Waals surface area (Å²) in [5, 5.41) is 6.58. The molecule has 0 unspecified atom stereocenters. The third-order valence-corrected chi connectivity index (χ3v) is 4.87. The second-order valence-corrected chi connectivity index (χ2v) is 7.54. The number of nitrogens with one attached hydrogen (secondary N) is 2. The van der Waals surface area contributed by atoms with Crippen LogP contribution in [-0.4, -0.2) is 50.1 Å². The molecule has 2 N–H and O–H groups in total. The predicted molar refractivity (Wildman–Crippen MR) is 94.0 cm³/mol. The normalized spacial score (nSPS) is 16.5. The van der Waals surface area contributed by atoms with Crippen molar-refractivity contribution in [3.63, 3.8) is 0 Å². The van der Waals surface area contributed by atoms with Gasteiger partial charge in [-0.1, -0.05) is 27.7 Å². The van der Waals surface area contributed by atoms with E-state index in [1.807, 2.05) is 0 Å². The summed E-state index contributed by atoms with van der Waals surface area (Å²) < 4.78 is 0. The SMILES string of the molecule is CC(C)NCCCN(C)CCCCNC(=O)C1(C(C)C)CC1. The molecule has 0 aromatic heterocycles. The van der Waals surface area contributed by atoms with E-state index in [0.29, 0.717) is 12.0 Å². The Kier molecular flexibility index (Phi) is 8.40. The number of hydrogen-bond donors (Lipinski definition) is 2. The van der Waals surface area contributed by atoms with Crippen LogP contribution in [0.3, 0.4) is 0 Å². The maximum atomic E-state index is 12.2. The second kappa shape index (κ2) is 9.51. The number of nitrogens with zero attached hydrogens (tertiary/aromatic N) is 1. The van der Waals surface area contributed by atoms with Gasteiger partial charge >= 0.3 is 0 Å². The van der Waals surface area contributed by atoms with E-state index in [4.69, 9.17) is 0 Å². The number of hydrogen-bond acceptors (Lipinski definition) is 3. The summed E-state index contributed by atoms with van der Waals surface area (Å²) in [6.45, 7) is 12.9. The zero-order chi connectivity index (χ0) is 16.6. The molecule has 1 saturated carbocycles. The van der Waals surface area contributed by atoms with Crippen molar-refractivity contribution in [3.8, 4) is 0 Å².